The summed E-state index contributed by atoms with van der Waals surface area (Å²) in [5, 5.41) is 2.74. The van der Waals surface area contributed by atoms with Crippen LogP contribution in [-0.2, 0) is 26.7 Å². The van der Waals surface area contributed by atoms with Gasteiger partial charge in [0.15, 0.2) is 5.03 Å². The normalized spacial score (nSPS) is 26.8. The minimum atomic E-state index is -3.75. The predicted molar refractivity (Wildman–Crippen MR) is 93.4 cm³/mol. The number of aromatic nitrogens is 2. The topological polar surface area (TPSA) is 113 Å². The molecule has 1 aromatic heterocycles. The number of piperazine rings is 1. The van der Waals surface area contributed by atoms with E-state index < -0.39 is 28.1 Å². The first-order valence-electron chi connectivity index (χ1n) is 8.78. The molecular formula is C16H25N5O4S. The number of aryl methyl sites for hydroxylation is 1. The number of carbonyl (C=O) groups is 2. The molecule has 0 unspecified atom stereocenters. The highest BCUT2D eigenvalue weighted by molar-refractivity contribution is 7.89. The average molecular weight is 383 g/mol. The number of piperidine rings is 1. The molecule has 0 saturated carbocycles. The van der Waals surface area contributed by atoms with Crippen LogP contribution in [0.3, 0.4) is 0 Å². The highest BCUT2D eigenvalue weighted by Gasteiger charge is 2.44. The maximum atomic E-state index is 12.6. The van der Waals surface area contributed by atoms with Gasteiger partial charge in [-0.3, -0.25) is 9.59 Å². The Bertz CT molecular complexity index is 803. The van der Waals surface area contributed by atoms with Crippen LogP contribution < -0.4 is 10.0 Å². The Balaban J connectivity index is 1.68. The molecule has 0 spiro atoms. The zero-order chi connectivity index (χ0) is 19.1. The number of amides is 2. The lowest BCUT2D eigenvalue weighted by molar-refractivity contribution is -0.152. The van der Waals surface area contributed by atoms with E-state index in [0.29, 0.717) is 25.3 Å². The summed E-state index contributed by atoms with van der Waals surface area (Å²) in [6.07, 6.45) is 4.17. The van der Waals surface area contributed by atoms with Crippen molar-refractivity contribution in [3.63, 3.8) is 0 Å². The molecule has 1 aromatic rings. The molecule has 9 nitrogen and oxygen atoms in total. The third kappa shape index (κ3) is 3.75. The quantitative estimate of drug-likeness (QED) is 0.718. The van der Waals surface area contributed by atoms with Crippen LogP contribution in [0.15, 0.2) is 17.6 Å². The molecule has 2 amide bonds. The van der Waals surface area contributed by atoms with E-state index in [-0.39, 0.29) is 23.3 Å². The number of sulfonamides is 1. The van der Waals surface area contributed by atoms with E-state index in [1.165, 1.54) is 12.5 Å². The lowest BCUT2D eigenvalue weighted by Crippen LogP contribution is -2.67. The number of nitrogens with zero attached hydrogens (tertiary/aromatic N) is 3. The maximum absolute atomic E-state index is 12.6. The number of nitrogens with one attached hydrogen (secondary N) is 2. The first-order valence-corrected chi connectivity index (χ1v) is 10.3. The van der Waals surface area contributed by atoms with E-state index in [1.54, 1.807) is 16.5 Å². The molecule has 2 saturated heterocycles. The Morgan fingerprint density at radius 1 is 1.38 bits per heavy atom. The van der Waals surface area contributed by atoms with E-state index in [2.05, 4.69) is 15.0 Å². The molecule has 3 rings (SSSR count). The van der Waals surface area contributed by atoms with Crippen molar-refractivity contribution in [3.8, 4) is 0 Å². The number of hydrogen-bond donors (Lipinski definition) is 2. The van der Waals surface area contributed by atoms with Gasteiger partial charge in [0.25, 0.3) is 10.0 Å². The van der Waals surface area contributed by atoms with Crippen molar-refractivity contribution < 1.29 is 18.0 Å². The van der Waals surface area contributed by atoms with Crippen LogP contribution in [-0.4, -0.2) is 59.4 Å². The van der Waals surface area contributed by atoms with Crippen molar-refractivity contribution in [2.24, 2.45) is 13.0 Å². The van der Waals surface area contributed by atoms with Crippen molar-refractivity contribution in [1.29, 1.82) is 0 Å². The van der Waals surface area contributed by atoms with E-state index in [0.717, 1.165) is 0 Å². The second-order valence-corrected chi connectivity index (χ2v) is 9.12. The zero-order valence-corrected chi connectivity index (χ0v) is 16.0. The lowest BCUT2D eigenvalue weighted by Gasteiger charge is -2.44. The third-order valence-electron chi connectivity index (χ3n) is 4.79. The van der Waals surface area contributed by atoms with Gasteiger partial charge >= 0.3 is 0 Å². The molecule has 2 fully saturated rings. The minimum absolute atomic E-state index is 0.0522. The molecule has 2 aliphatic rings. The fourth-order valence-electron chi connectivity index (χ4n) is 3.55. The molecule has 0 radical (unpaired) electrons. The molecule has 0 aliphatic carbocycles. The van der Waals surface area contributed by atoms with Crippen LogP contribution in [0.25, 0.3) is 0 Å². The first-order chi connectivity index (χ1) is 12.2. The Morgan fingerprint density at radius 3 is 2.73 bits per heavy atom. The largest absolute Gasteiger partial charge is 0.342 e. The fourth-order valence-corrected chi connectivity index (χ4v) is 4.82. The zero-order valence-electron chi connectivity index (χ0n) is 15.2. The van der Waals surface area contributed by atoms with Gasteiger partial charge in [-0.2, -0.15) is 0 Å². The maximum Gasteiger partial charge on any atom is 0.259 e. The van der Waals surface area contributed by atoms with Gasteiger partial charge in [0, 0.05) is 25.8 Å². The summed E-state index contributed by atoms with van der Waals surface area (Å²) in [6, 6.07) is -1.53. The summed E-state index contributed by atoms with van der Waals surface area (Å²) < 4.78 is 29.0. The van der Waals surface area contributed by atoms with E-state index in [4.69, 9.17) is 0 Å². The van der Waals surface area contributed by atoms with E-state index >= 15 is 0 Å². The van der Waals surface area contributed by atoms with Gasteiger partial charge in [0.1, 0.15) is 12.1 Å². The Labute approximate surface area is 153 Å². The van der Waals surface area contributed by atoms with Crippen LogP contribution in [0.1, 0.15) is 33.1 Å². The highest BCUT2D eigenvalue weighted by atomic mass is 32.2. The van der Waals surface area contributed by atoms with Gasteiger partial charge in [-0.25, -0.2) is 18.1 Å². The average Bonchev–Trinajstić information content (AvgIpc) is 2.99. The first kappa shape index (κ1) is 18.8. The van der Waals surface area contributed by atoms with Gasteiger partial charge in [-0.1, -0.05) is 13.8 Å². The molecule has 0 aromatic carbocycles. The summed E-state index contributed by atoms with van der Waals surface area (Å²) in [5.74, 6) is 0.00911. The molecule has 2 N–H and O–H groups in total. The summed E-state index contributed by atoms with van der Waals surface area (Å²) in [7, 11) is -2.06. The number of imidazole rings is 1. The van der Waals surface area contributed by atoms with Crippen LogP contribution in [0.4, 0.5) is 0 Å². The summed E-state index contributed by atoms with van der Waals surface area (Å²) >= 11 is 0. The second-order valence-electron chi connectivity index (χ2n) is 7.46. The van der Waals surface area contributed by atoms with Crippen LogP contribution >= 0.6 is 0 Å². The van der Waals surface area contributed by atoms with Crippen molar-refractivity contribution in [2.75, 3.05) is 6.54 Å². The molecule has 3 heterocycles. The molecular weight excluding hydrogens is 358 g/mol. The van der Waals surface area contributed by atoms with E-state index in [9.17, 15) is 18.0 Å². The number of rotatable bonds is 5. The molecule has 144 valence electrons. The Hall–Kier alpha value is -1.94. The van der Waals surface area contributed by atoms with Gasteiger partial charge < -0.3 is 14.8 Å². The second kappa shape index (κ2) is 6.99. The lowest BCUT2D eigenvalue weighted by atomic mass is 9.91. The summed E-state index contributed by atoms with van der Waals surface area (Å²) in [4.78, 5) is 30.5. The third-order valence-corrected chi connectivity index (χ3v) is 6.19. The van der Waals surface area contributed by atoms with E-state index in [1.807, 2.05) is 13.8 Å². The number of carbonyl (C=O) groups excluding carboxylic acids is 2. The molecule has 2 aliphatic heterocycles. The van der Waals surface area contributed by atoms with Crippen LogP contribution in [0, 0.1) is 5.92 Å². The molecule has 26 heavy (non-hydrogen) atoms. The fraction of sp³-hybridized carbons (Fsp3) is 0.688. The molecule has 0 bridgehead atoms. The molecule has 3 atom stereocenters. The van der Waals surface area contributed by atoms with Crippen molar-refractivity contribution >= 4 is 21.8 Å². The Kier molecular flexibility index (Phi) is 5.07. The van der Waals surface area contributed by atoms with Gasteiger partial charge in [-0.05, 0) is 25.2 Å². The van der Waals surface area contributed by atoms with Gasteiger partial charge in [-0.15, -0.1) is 0 Å². The SMILES string of the molecule is CC(C)C[C@@H]1NC(=O)[C@@H]2C[C@@H](NS(=O)(=O)c3cn(C)cn3)CCN2C1=O. The highest BCUT2D eigenvalue weighted by Crippen LogP contribution is 2.25. The standard InChI is InChI=1S/C16H25N5O4S/c1-10(2)6-12-16(23)21-5-4-11(7-13(21)15(22)18-12)19-26(24,25)14-8-20(3)9-17-14/h8-13,19H,4-7H2,1-3H3,(H,18,22)/t11-,12-,13-/m0/s1. The monoisotopic (exact) mass is 383 g/mol. The summed E-state index contributed by atoms with van der Waals surface area (Å²) in [6.45, 7) is 4.37. The van der Waals surface area contributed by atoms with Crippen molar-refractivity contribution in [1.82, 2.24) is 24.5 Å². The molecule has 10 heteroatoms. The number of fused-ring (bicyclic) bond motifs is 1. The van der Waals surface area contributed by atoms with Crippen molar-refractivity contribution in [3.05, 3.63) is 12.5 Å². The minimum Gasteiger partial charge on any atom is -0.342 e. The van der Waals surface area contributed by atoms with Crippen molar-refractivity contribution in [2.45, 2.75) is 56.3 Å². The van der Waals surface area contributed by atoms with Gasteiger partial charge in [0.05, 0.1) is 6.33 Å². The Morgan fingerprint density at radius 2 is 2.12 bits per heavy atom. The van der Waals surface area contributed by atoms with Gasteiger partial charge in [0.2, 0.25) is 11.8 Å². The number of hydrogen-bond acceptors (Lipinski definition) is 5. The van der Waals surface area contributed by atoms with Crippen LogP contribution in [0.2, 0.25) is 0 Å². The van der Waals surface area contributed by atoms with Crippen LogP contribution in [0.5, 0.6) is 0 Å². The smallest absolute Gasteiger partial charge is 0.259 e. The predicted octanol–water partition coefficient (Wildman–Crippen LogP) is -0.397. The summed E-state index contributed by atoms with van der Waals surface area (Å²) in [5.41, 5.74) is 0.